The summed E-state index contributed by atoms with van der Waals surface area (Å²) < 4.78 is 1.76. The summed E-state index contributed by atoms with van der Waals surface area (Å²) in [4.78, 5) is 10.5. The van der Waals surface area contributed by atoms with Crippen LogP contribution in [0.4, 0.5) is 0 Å². The Morgan fingerprint density at radius 1 is 1.23 bits per heavy atom. The SMILES string of the molecule is CN(C=O)n1cc2ccccc2c1. The molecule has 0 bridgehead atoms. The van der Waals surface area contributed by atoms with Gasteiger partial charge in [-0.3, -0.25) is 14.5 Å². The minimum atomic E-state index is 0.777. The van der Waals surface area contributed by atoms with E-state index in [1.54, 1.807) is 11.7 Å². The molecule has 0 aliphatic rings. The van der Waals surface area contributed by atoms with Gasteiger partial charge in [-0.2, -0.15) is 0 Å². The molecule has 1 aromatic carbocycles. The maximum atomic E-state index is 10.5. The van der Waals surface area contributed by atoms with Crippen LogP contribution in [0.15, 0.2) is 36.7 Å². The average molecular weight is 174 g/mol. The zero-order valence-electron chi connectivity index (χ0n) is 7.34. The van der Waals surface area contributed by atoms with Crippen LogP contribution in [-0.4, -0.2) is 18.1 Å². The molecule has 0 atom stereocenters. The Bertz CT molecular complexity index is 400. The Hall–Kier alpha value is -1.77. The van der Waals surface area contributed by atoms with E-state index in [2.05, 4.69) is 0 Å². The van der Waals surface area contributed by atoms with Gasteiger partial charge in [0.05, 0.1) is 0 Å². The fraction of sp³-hybridized carbons (Fsp3) is 0.100. The molecular formula is C10H10N2O. The van der Waals surface area contributed by atoms with Crippen LogP contribution >= 0.6 is 0 Å². The molecule has 13 heavy (non-hydrogen) atoms. The predicted octanol–water partition coefficient (Wildman–Crippen LogP) is 1.37. The molecule has 1 aromatic heterocycles. The number of aromatic nitrogens is 1. The smallest absolute Gasteiger partial charge is 0.228 e. The Kier molecular flexibility index (Phi) is 1.77. The van der Waals surface area contributed by atoms with E-state index < -0.39 is 0 Å². The van der Waals surface area contributed by atoms with Crippen molar-refractivity contribution in [3.8, 4) is 0 Å². The van der Waals surface area contributed by atoms with Gasteiger partial charge in [-0.25, -0.2) is 0 Å². The lowest BCUT2D eigenvalue weighted by molar-refractivity contribution is -0.108. The summed E-state index contributed by atoms with van der Waals surface area (Å²) in [5.74, 6) is 0. The monoisotopic (exact) mass is 174 g/mol. The van der Waals surface area contributed by atoms with Gasteiger partial charge in [0.15, 0.2) is 0 Å². The minimum Gasteiger partial charge on any atom is -0.277 e. The number of rotatable bonds is 2. The van der Waals surface area contributed by atoms with Gasteiger partial charge >= 0.3 is 0 Å². The maximum absolute atomic E-state index is 10.5. The van der Waals surface area contributed by atoms with Crippen LogP contribution in [0.5, 0.6) is 0 Å². The lowest BCUT2D eigenvalue weighted by Gasteiger charge is -2.10. The van der Waals surface area contributed by atoms with Crippen molar-refractivity contribution in [2.24, 2.45) is 0 Å². The summed E-state index contributed by atoms with van der Waals surface area (Å²) in [6.45, 7) is 0. The fourth-order valence-corrected chi connectivity index (χ4v) is 1.30. The van der Waals surface area contributed by atoms with Crippen molar-refractivity contribution in [2.75, 3.05) is 12.1 Å². The highest BCUT2D eigenvalue weighted by molar-refractivity contribution is 5.82. The zero-order chi connectivity index (χ0) is 9.26. The van der Waals surface area contributed by atoms with E-state index in [0.29, 0.717) is 0 Å². The molecule has 0 fully saturated rings. The first kappa shape index (κ1) is 7.86. The Balaban J connectivity index is 2.55. The molecule has 0 N–H and O–H groups in total. The Morgan fingerprint density at radius 2 is 1.77 bits per heavy atom. The first-order chi connectivity index (χ1) is 6.31. The number of hydrogen-bond acceptors (Lipinski definition) is 1. The van der Waals surface area contributed by atoms with E-state index >= 15 is 0 Å². The van der Waals surface area contributed by atoms with Crippen molar-refractivity contribution in [3.63, 3.8) is 0 Å². The van der Waals surface area contributed by atoms with Crippen LogP contribution < -0.4 is 5.01 Å². The normalized spacial score (nSPS) is 10.2. The summed E-state index contributed by atoms with van der Waals surface area (Å²) in [6, 6.07) is 8.00. The fourth-order valence-electron chi connectivity index (χ4n) is 1.30. The molecule has 2 rings (SSSR count). The van der Waals surface area contributed by atoms with Gasteiger partial charge in [0.25, 0.3) is 0 Å². The van der Waals surface area contributed by atoms with E-state index in [1.807, 2.05) is 36.7 Å². The lowest BCUT2D eigenvalue weighted by Crippen LogP contribution is -2.26. The highest BCUT2D eigenvalue weighted by atomic mass is 16.1. The first-order valence-corrected chi connectivity index (χ1v) is 4.06. The van der Waals surface area contributed by atoms with Crippen molar-refractivity contribution in [2.45, 2.75) is 0 Å². The molecule has 2 aromatic rings. The third kappa shape index (κ3) is 1.28. The lowest BCUT2D eigenvalue weighted by atomic mass is 10.2. The van der Waals surface area contributed by atoms with Gasteiger partial charge in [-0.05, 0) is 0 Å². The van der Waals surface area contributed by atoms with Crippen molar-refractivity contribution in [1.82, 2.24) is 4.68 Å². The van der Waals surface area contributed by atoms with Gasteiger partial charge in [-0.15, -0.1) is 0 Å². The molecule has 1 heterocycles. The van der Waals surface area contributed by atoms with Gasteiger partial charge < -0.3 is 0 Å². The number of benzene rings is 1. The van der Waals surface area contributed by atoms with Gasteiger partial charge in [0.2, 0.25) is 6.41 Å². The third-order valence-corrected chi connectivity index (χ3v) is 2.06. The molecule has 0 unspecified atom stereocenters. The summed E-state index contributed by atoms with van der Waals surface area (Å²) in [5.41, 5.74) is 0. The summed E-state index contributed by atoms with van der Waals surface area (Å²) in [7, 11) is 1.71. The highest BCUT2D eigenvalue weighted by Crippen LogP contribution is 2.13. The molecule has 0 spiro atoms. The molecule has 3 nitrogen and oxygen atoms in total. The number of carbonyl (C=O) groups excluding carboxylic acids is 1. The zero-order valence-corrected chi connectivity index (χ0v) is 7.34. The molecule has 0 saturated heterocycles. The van der Waals surface area contributed by atoms with E-state index in [0.717, 1.165) is 17.2 Å². The molecular weight excluding hydrogens is 164 g/mol. The Labute approximate surface area is 76.2 Å². The molecule has 3 heteroatoms. The number of nitrogens with zero attached hydrogens (tertiary/aromatic N) is 2. The molecule has 0 aliphatic heterocycles. The van der Waals surface area contributed by atoms with Crippen molar-refractivity contribution in [3.05, 3.63) is 36.7 Å². The third-order valence-electron chi connectivity index (χ3n) is 2.06. The summed E-state index contributed by atoms with van der Waals surface area (Å²) >= 11 is 0. The van der Waals surface area contributed by atoms with Crippen LogP contribution in [-0.2, 0) is 4.79 Å². The summed E-state index contributed by atoms with van der Waals surface area (Å²) in [6.07, 6.45) is 4.62. The van der Waals surface area contributed by atoms with Crippen molar-refractivity contribution >= 4 is 17.2 Å². The van der Waals surface area contributed by atoms with Gasteiger partial charge in [0, 0.05) is 30.2 Å². The van der Waals surface area contributed by atoms with Gasteiger partial charge in [-0.1, -0.05) is 24.3 Å². The topological polar surface area (TPSA) is 25.2 Å². The number of amides is 1. The van der Waals surface area contributed by atoms with E-state index in [-0.39, 0.29) is 0 Å². The van der Waals surface area contributed by atoms with E-state index in [4.69, 9.17) is 0 Å². The number of fused-ring (bicyclic) bond motifs is 1. The largest absolute Gasteiger partial charge is 0.277 e. The number of hydrogen-bond donors (Lipinski definition) is 0. The van der Waals surface area contributed by atoms with E-state index in [9.17, 15) is 4.79 Å². The maximum Gasteiger partial charge on any atom is 0.228 e. The number of carbonyl (C=O) groups is 1. The minimum absolute atomic E-state index is 0.777. The van der Waals surface area contributed by atoms with Crippen LogP contribution in [0, 0.1) is 0 Å². The second-order valence-electron chi connectivity index (χ2n) is 2.95. The van der Waals surface area contributed by atoms with Crippen LogP contribution in [0.1, 0.15) is 0 Å². The molecule has 66 valence electrons. The van der Waals surface area contributed by atoms with E-state index in [1.165, 1.54) is 5.01 Å². The molecule has 0 aliphatic carbocycles. The second-order valence-corrected chi connectivity index (χ2v) is 2.95. The van der Waals surface area contributed by atoms with Crippen molar-refractivity contribution in [1.29, 1.82) is 0 Å². The standard InChI is InChI=1S/C10H10N2O/c1-11(8-13)12-6-9-4-2-3-5-10(9)7-12/h2-8H,1H3. The van der Waals surface area contributed by atoms with Crippen LogP contribution in [0.25, 0.3) is 10.8 Å². The molecule has 0 saturated carbocycles. The second kappa shape index (κ2) is 2.94. The predicted molar refractivity (Wildman–Crippen MR) is 52.1 cm³/mol. The molecule has 0 radical (unpaired) electrons. The molecule has 1 amide bonds. The van der Waals surface area contributed by atoms with Crippen LogP contribution in [0.3, 0.4) is 0 Å². The van der Waals surface area contributed by atoms with Crippen LogP contribution in [0.2, 0.25) is 0 Å². The Morgan fingerprint density at radius 3 is 2.23 bits per heavy atom. The average Bonchev–Trinajstić information content (AvgIpc) is 2.59. The first-order valence-electron chi connectivity index (χ1n) is 4.06. The van der Waals surface area contributed by atoms with Gasteiger partial charge in [0.1, 0.15) is 0 Å². The highest BCUT2D eigenvalue weighted by Gasteiger charge is 1.99. The quantitative estimate of drug-likeness (QED) is 0.631. The van der Waals surface area contributed by atoms with Crippen molar-refractivity contribution < 1.29 is 4.79 Å². The summed E-state index contributed by atoms with van der Waals surface area (Å²) in [5, 5.41) is 3.76.